The van der Waals surface area contributed by atoms with Gasteiger partial charge in [0, 0.05) is 151 Å². The van der Waals surface area contributed by atoms with E-state index in [4.69, 9.17) is 51.7 Å². The molecule has 39 nitrogen and oxygen atoms in total. The van der Waals surface area contributed by atoms with Crippen LogP contribution < -0.4 is 26.6 Å². The number of amides is 6. The fraction of sp³-hybridized carbons (Fsp3) is 0.867. The quantitative estimate of drug-likeness (QED) is 0.0231. The zero-order valence-corrected chi connectivity index (χ0v) is 73.6. The Balaban J connectivity index is 1.33. The normalized spacial score (nSPS) is 25.6. The Morgan fingerprint density at radius 1 is 0.423 bits per heavy atom. The van der Waals surface area contributed by atoms with E-state index < -0.39 is 161 Å². The molecule has 4 saturated heterocycles. The number of Topliss-reactive ketones (excluding diaryl/α,β-unsaturated/α-hetero) is 4. The number of ether oxygens (including phenoxy) is 9. The first-order valence-electron chi connectivity index (χ1n) is 44.0. The van der Waals surface area contributed by atoms with Crippen LogP contribution in [-0.2, 0) is 109 Å². The van der Waals surface area contributed by atoms with Crippen molar-refractivity contribution in [2.75, 3.05) is 113 Å². The van der Waals surface area contributed by atoms with Gasteiger partial charge in [0.05, 0.1) is 70.4 Å². The molecular formula is C83H145N6O33P. The molecule has 4 fully saturated rings. The second-order valence-corrected chi connectivity index (χ2v) is 34.9. The summed E-state index contributed by atoms with van der Waals surface area (Å²) in [5.74, 6) is -3.06. The molecule has 0 bridgehead atoms. The van der Waals surface area contributed by atoms with Crippen LogP contribution in [-0.4, -0.2) is 337 Å². The molecule has 0 aliphatic carbocycles. The first kappa shape index (κ1) is 110. The molecule has 4 aliphatic heterocycles. The molecule has 17 unspecified atom stereocenters. The molecule has 40 heteroatoms. The molecule has 0 saturated carbocycles. The highest BCUT2D eigenvalue weighted by atomic mass is 31.2. The van der Waals surface area contributed by atoms with Crippen molar-refractivity contribution in [3.05, 3.63) is 0 Å². The molecule has 0 aromatic heterocycles. The maximum Gasteiger partial charge on any atom is 0.327 e. The lowest BCUT2D eigenvalue weighted by molar-refractivity contribution is -0.270. The third kappa shape index (κ3) is 44.3. The number of carbonyl (C=O) groups excluding carboxylic acids is 11. The van der Waals surface area contributed by atoms with Gasteiger partial charge >= 0.3 is 13.6 Å². The van der Waals surface area contributed by atoms with E-state index in [-0.39, 0.29) is 184 Å². The minimum absolute atomic E-state index is 0.00782. The zero-order valence-electron chi connectivity index (χ0n) is 72.7. The molecule has 19 atom stereocenters. The van der Waals surface area contributed by atoms with Crippen LogP contribution in [0.4, 0.5) is 0 Å². The van der Waals surface area contributed by atoms with E-state index in [0.717, 1.165) is 38.5 Å². The van der Waals surface area contributed by atoms with Crippen molar-refractivity contribution in [3.63, 3.8) is 0 Å². The van der Waals surface area contributed by atoms with Crippen molar-refractivity contribution in [3.8, 4) is 0 Å². The Morgan fingerprint density at radius 2 is 0.780 bits per heavy atom. The Kier molecular flexibility index (Phi) is 55.1. The van der Waals surface area contributed by atoms with E-state index in [2.05, 4.69) is 26.6 Å². The van der Waals surface area contributed by atoms with E-state index in [0.29, 0.717) is 116 Å². The molecular weight excluding hydrogens is 1640 g/mol. The van der Waals surface area contributed by atoms with Crippen molar-refractivity contribution in [1.29, 1.82) is 0 Å². The minimum Gasteiger partial charge on any atom is -0.465 e. The molecule has 0 aromatic rings. The number of aliphatic hydroxyl groups is 10. The number of nitrogens with one attached hydrogen (secondary N) is 5. The van der Waals surface area contributed by atoms with Gasteiger partial charge in [-0.3, -0.25) is 57.3 Å². The van der Waals surface area contributed by atoms with Crippen LogP contribution in [0, 0.1) is 5.41 Å². The standard InChI is InChI=1S/C83H145N6O33P/c1-55(93)86-71-77(108)74(105)64(48-90)120-80(71)115-40-23-20-30-59(96)27-15-12-16-29-61(98)36-43-113-52-83(46-62(99)32-14-10-8-6-7-9-11-18-34-69(103)89-47-63(100)45-58(89)51-119-123(5,111)112-4,54-118-70(104)35-19-13-17-28-60(97)31-21-24-41-116-81-72(87-56(2)94)78(109)75(106)65(49-91)121-81)53-114-44-37-68(102)85-39-26-38-84-67(101)33-22-25-42-117-82-73(88-57(3)95)79(110)76(107)66(50-92)122-82/h58,63-66,71-82,90-92,100,105-110H,6-54H2,1-5H3,(H,84,101)(H,85,102)(H,86,93)(H,87,94)(H,88,95)/t58-,63+,64?,65?,66?,71?,72?,73?,74?,75?,76?,77?,78?,79?,80?,81?,82?,83?,123?/m0/s1. The summed E-state index contributed by atoms with van der Waals surface area (Å²) in [5.41, 5.74) is -1.29. The Morgan fingerprint density at radius 3 is 1.20 bits per heavy atom. The molecule has 4 heterocycles. The van der Waals surface area contributed by atoms with Gasteiger partial charge in [-0.05, 0) is 89.9 Å². The van der Waals surface area contributed by atoms with Gasteiger partial charge in [-0.1, -0.05) is 51.4 Å². The first-order valence-corrected chi connectivity index (χ1v) is 46.0. The summed E-state index contributed by atoms with van der Waals surface area (Å²) in [4.78, 5) is 143. The van der Waals surface area contributed by atoms with Gasteiger partial charge in [-0.25, -0.2) is 0 Å². The predicted octanol–water partition coefficient (Wildman–Crippen LogP) is 1.26. The first-order chi connectivity index (χ1) is 58.8. The van der Waals surface area contributed by atoms with Gasteiger partial charge in [0.25, 0.3) is 0 Å². The van der Waals surface area contributed by atoms with Crippen LogP contribution >= 0.6 is 7.60 Å². The zero-order chi connectivity index (χ0) is 90.7. The van der Waals surface area contributed by atoms with Gasteiger partial charge < -0.3 is 134 Å². The average molecular weight is 1790 g/mol. The van der Waals surface area contributed by atoms with Crippen molar-refractivity contribution >= 4 is 72.1 Å². The number of esters is 1. The second kappa shape index (κ2) is 61.8. The maximum atomic E-state index is 14.2. The molecule has 0 spiro atoms. The molecule has 710 valence electrons. The van der Waals surface area contributed by atoms with Gasteiger partial charge in [-0.2, -0.15) is 0 Å². The maximum absolute atomic E-state index is 14.2. The molecule has 0 aromatic carbocycles. The van der Waals surface area contributed by atoms with Crippen LogP contribution in [0.1, 0.15) is 239 Å². The second-order valence-electron chi connectivity index (χ2n) is 32.7. The van der Waals surface area contributed by atoms with Crippen LogP contribution in [0.25, 0.3) is 0 Å². The smallest absolute Gasteiger partial charge is 0.327 e. The van der Waals surface area contributed by atoms with E-state index in [9.17, 15) is 108 Å². The number of rotatable bonds is 69. The fourth-order valence-electron chi connectivity index (χ4n) is 14.8. The number of hydrogen-bond donors (Lipinski definition) is 15. The van der Waals surface area contributed by atoms with E-state index in [1.165, 1.54) is 34.5 Å². The Bertz CT molecular complexity index is 3060. The lowest BCUT2D eigenvalue weighted by atomic mass is 9.83. The third-order valence-electron chi connectivity index (χ3n) is 21.9. The van der Waals surface area contributed by atoms with Gasteiger partial charge in [0.2, 0.25) is 35.4 Å². The van der Waals surface area contributed by atoms with Gasteiger partial charge in [0.1, 0.15) is 103 Å². The van der Waals surface area contributed by atoms with Crippen molar-refractivity contribution in [1.82, 2.24) is 31.5 Å². The number of likely N-dealkylation sites (tertiary alicyclic amines) is 1. The van der Waals surface area contributed by atoms with Gasteiger partial charge in [0.15, 0.2) is 18.9 Å². The number of ketones is 4. The minimum atomic E-state index is -3.27. The van der Waals surface area contributed by atoms with Crippen LogP contribution in [0.5, 0.6) is 0 Å². The van der Waals surface area contributed by atoms with Crippen molar-refractivity contribution in [2.24, 2.45) is 5.41 Å². The average Bonchev–Trinajstić information content (AvgIpc) is 1.79. The highest BCUT2D eigenvalue weighted by Gasteiger charge is 2.49. The largest absolute Gasteiger partial charge is 0.465 e. The predicted molar refractivity (Wildman–Crippen MR) is 440 cm³/mol. The molecule has 4 rings (SSSR count). The Hall–Kier alpha value is -5.60. The number of β-amino-alcohol motifs (C(OH)–C–C–N with tert-alkyl or cyclic N) is 1. The van der Waals surface area contributed by atoms with Crippen LogP contribution in [0.15, 0.2) is 0 Å². The number of hydrogen-bond acceptors (Lipinski definition) is 33. The molecule has 6 amide bonds. The summed E-state index contributed by atoms with van der Waals surface area (Å²) in [7, 11) is -1.99. The highest BCUT2D eigenvalue weighted by Crippen LogP contribution is 2.43. The van der Waals surface area contributed by atoms with E-state index in [1.54, 1.807) is 4.90 Å². The topological polar surface area (TPSA) is 572 Å². The number of unbranched alkanes of at least 4 members (excludes halogenated alkanes) is 14. The third-order valence-corrected chi connectivity index (χ3v) is 23.2. The van der Waals surface area contributed by atoms with Crippen molar-refractivity contribution < 1.29 is 160 Å². The summed E-state index contributed by atoms with van der Waals surface area (Å²) in [6.07, 6.45) is -2.30. The van der Waals surface area contributed by atoms with E-state index in [1.807, 2.05) is 0 Å². The molecule has 0 radical (unpaired) electrons. The number of aliphatic hydroxyl groups excluding tert-OH is 10. The fourth-order valence-corrected chi connectivity index (χ4v) is 15.4. The lowest BCUT2D eigenvalue weighted by Crippen LogP contribution is -2.64. The van der Waals surface area contributed by atoms with Crippen molar-refractivity contribution in [2.45, 2.75) is 343 Å². The van der Waals surface area contributed by atoms with Gasteiger partial charge in [-0.15, -0.1) is 0 Å². The summed E-state index contributed by atoms with van der Waals surface area (Å²) in [6, 6.07) is -3.69. The Labute approximate surface area is 722 Å². The molecule has 4 aliphatic rings. The monoisotopic (exact) mass is 1780 g/mol. The summed E-state index contributed by atoms with van der Waals surface area (Å²) in [6.45, 7) is 3.24. The summed E-state index contributed by atoms with van der Waals surface area (Å²) < 4.78 is 75.0. The number of carbonyl (C=O) groups is 11. The SMILES string of the molecule is COP(C)(=O)OC[C@@H]1C[C@@H](O)CN1C(=O)CCCCCCCCCCC(=O)CC(COCCC(=O)CCCCCC(=O)CCCCOC1OC(CO)C(O)C(O)C1NC(C)=O)(COCCC(=O)NCCCNC(=O)CCCCOC1OC(CO)C(O)C(O)C1NC(C)=O)COC(=O)CCCCCC(=O)CCCCOC1OC(CO)C(O)C(O)C1NC(C)=O. The number of nitrogens with zero attached hydrogens (tertiary/aromatic N) is 1. The lowest BCUT2D eigenvalue weighted by Gasteiger charge is -2.42. The molecule has 123 heavy (non-hydrogen) atoms. The summed E-state index contributed by atoms with van der Waals surface area (Å²) in [5, 5.41) is 115. The van der Waals surface area contributed by atoms with Crippen LogP contribution in [0.3, 0.4) is 0 Å². The highest BCUT2D eigenvalue weighted by molar-refractivity contribution is 7.52. The van der Waals surface area contributed by atoms with Crippen LogP contribution in [0.2, 0.25) is 0 Å². The summed E-state index contributed by atoms with van der Waals surface area (Å²) >= 11 is 0. The molecule has 15 N–H and O–H groups in total. The van der Waals surface area contributed by atoms with E-state index >= 15 is 0 Å².